The highest BCUT2D eigenvalue weighted by Crippen LogP contribution is 2.24. The maximum Gasteiger partial charge on any atom is 0.343 e. The van der Waals surface area contributed by atoms with Crippen LogP contribution in [0.4, 0.5) is 0 Å². The largest absolute Gasteiger partial charge is 0.465 e. The van der Waals surface area contributed by atoms with Crippen molar-refractivity contribution in [2.45, 2.75) is 26.2 Å². The standard InChI is InChI=1S/C19H20O4/c1-19(2,3)15-9-11-16(12-10-15)23-18(21)14-7-5-13(6-8-14)17(20)22-4/h5-12H,1-4H3. The maximum atomic E-state index is 12.1. The van der Waals surface area contributed by atoms with E-state index in [4.69, 9.17) is 4.74 Å². The zero-order valence-electron chi connectivity index (χ0n) is 13.8. The first-order valence-corrected chi connectivity index (χ1v) is 7.32. The lowest BCUT2D eigenvalue weighted by Gasteiger charge is -2.19. The molecule has 120 valence electrons. The summed E-state index contributed by atoms with van der Waals surface area (Å²) >= 11 is 0. The van der Waals surface area contributed by atoms with Crippen LogP contribution in [0.1, 0.15) is 47.1 Å². The third-order valence-electron chi connectivity index (χ3n) is 3.47. The summed E-state index contributed by atoms with van der Waals surface area (Å²) in [5.41, 5.74) is 1.97. The molecule has 2 aromatic carbocycles. The average Bonchev–Trinajstić information content (AvgIpc) is 2.54. The molecule has 0 amide bonds. The molecule has 0 atom stereocenters. The summed E-state index contributed by atoms with van der Waals surface area (Å²) in [7, 11) is 1.31. The zero-order chi connectivity index (χ0) is 17.0. The van der Waals surface area contributed by atoms with E-state index in [1.807, 2.05) is 12.1 Å². The first kappa shape index (κ1) is 16.7. The fraction of sp³-hybridized carbons (Fsp3) is 0.263. The fourth-order valence-electron chi connectivity index (χ4n) is 2.05. The lowest BCUT2D eigenvalue weighted by atomic mass is 9.87. The third-order valence-corrected chi connectivity index (χ3v) is 3.47. The minimum absolute atomic E-state index is 0.0479. The van der Waals surface area contributed by atoms with E-state index in [9.17, 15) is 9.59 Å². The molecule has 0 heterocycles. The molecule has 0 aliphatic carbocycles. The summed E-state index contributed by atoms with van der Waals surface area (Å²) in [5, 5.41) is 0. The smallest absolute Gasteiger partial charge is 0.343 e. The Labute approximate surface area is 136 Å². The molecule has 4 nitrogen and oxygen atoms in total. The summed E-state index contributed by atoms with van der Waals surface area (Å²) in [5.74, 6) is -0.423. The van der Waals surface area contributed by atoms with Crippen molar-refractivity contribution in [3.63, 3.8) is 0 Å². The lowest BCUT2D eigenvalue weighted by molar-refractivity contribution is 0.0599. The van der Waals surface area contributed by atoms with Crippen molar-refractivity contribution >= 4 is 11.9 Å². The van der Waals surface area contributed by atoms with Crippen LogP contribution >= 0.6 is 0 Å². The van der Waals surface area contributed by atoms with E-state index >= 15 is 0 Å². The number of hydrogen-bond acceptors (Lipinski definition) is 4. The zero-order valence-corrected chi connectivity index (χ0v) is 13.8. The Morgan fingerprint density at radius 3 is 1.70 bits per heavy atom. The highest BCUT2D eigenvalue weighted by atomic mass is 16.5. The van der Waals surface area contributed by atoms with Gasteiger partial charge in [-0.2, -0.15) is 0 Å². The minimum Gasteiger partial charge on any atom is -0.465 e. The van der Waals surface area contributed by atoms with Crippen LogP contribution in [-0.4, -0.2) is 19.0 Å². The quantitative estimate of drug-likeness (QED) is 0.635. The first-order chi connectivity index (χ1) is 10.8. The van der Waals surface area contributed by atoms with Crippen LogP contribution in [-0.2, 0) is 10.2 Å². The number of rotatable bonds is 3. The molecule has 0 spiro atoms. The van der Waals surface area contributed by atoms with Gasteiger partial charge in [0.25, 0.3) is 0 Å². The SMILES string of the molecule is COC(=O)c1ccc(C(=O)Oc2ccc(C(C)(C)C)cc2)cc1. The van der Waals surface area contributed by atoms with Gasteiger partial charge in [-0.05, 0) is 47.4 Å². The third kappa shape index (κ3) is 4.19. The summed E-state index contributed by atoms with van der Waals surface area (Å²) in [6, 6.07) is 13.6. The molecule has 0 bridgehead atoms. The summed E-state index contributed by atoms with van der Waals surface area (Å²) in [4.78, 5) is 23.5. The van der Waals surface area contributed by atoms with E-state index in [1.165, 1.54) is 36.9 Å². The minimum atomic E-state index is -0.468. The predicted octanol–water partition coefficient (Wildman–Crippen LogP) is 3.99. The highest BCUT2D eigenvalue weighted by molar-refractivity contribution is 5.94. The van der Waals surface area contributed by atoms with Crippen molar-refractivity contribution in [2.75, 3.05) is 7.11 Å². The van der Waals surface area contributed by atoms with Gasteiger partial charge in [0, 0.05) is 0 Å². The van der Waals surface area contributed by atoms with Gasteiger partial charge < -0.3 is 9.47 Å². The molecule has 0 aliphatic rings. The Morgan fingerprint density at radius 2 is 1.26 bits per heavy atom. The van der Waals surface area contributed by atoms with Gasteiger partial charge in [0.2, 0.25) is 0 Å². The summed E-state index contributed by atoms with van der Waals surface area (Å²) in [6.45, 7) is 6.37. The van der Waals surface area contributed by atoms with Crippen molar-refractivity contribution in [1.29, 1.82) is 0 Å². The lowest BCUT2D eigenvalue weighted by Crippen LogP contribution is -2.12. The van der Waals surface area contributed by atoms with Gasteiger partial charge in [-0.3, -0.25) is 0 Å². The van der Waals surface area contributed by atoms with Crippen molar-refractivity contribution in [3.8, 4) is 5.75 Å². The molecule has 0 saturated heterocycles. The van der Waals surface area contributed by atoms with Gasteiger partial charge >= 0.3 is 11.9 Å². The van der Waals surface area contributed by atoms with E-state index in [2.05, 4.69) is 25.5 Å². The van der Waals surface area contributed by atoms with Crippen LogP contribution in [0.15, 0.2) is 48.5 Å². The molecular weight excluding hydrogens is 292 g/mol. The van der Waals surface area contributed by atoms with Crippen LogP contribution < -0.4 is 4.74 Å². The highest BCUT2D eigenvalue weighted by Gasteiger charge is 2.14. The molecule has 0 radical (unpaired) electrons. The van der Waals surface area contributed by atoms with Gasteiger partial charge in [-0.25, -0.2) is 9.59 Å². The normalized spacial score (nSPS) is 11.0. The second kappa shape index (κ2) is 6.65. The maximum absolute atomic E-state index is 12.1. The van der Waals surface area contributed by atoms with Crippen molar-refractivity contribution in [1.82, 2.24) is 0 Å². The van der Waals surface area contributed by atoms with Gasteiger partial charge in [-0.1, -0.05) is 32.9 Å². The van der Waals surface area contributed by atoms with Gasteiger partial charge in [-0.15, -0.1) is 0 Å². The monoisotopic (exact) mass is 312 g/mol. The molecule has 0 aliphatic heterocycles. The van der Waals surface area contributed by atoms with Crippen LogP contribution in [0.2, 0.25) is 0 Å². The molecule has 2 aromatic rings. The van der Waals surface area contributed by atoms with Crippen molar-refractivity contribution in [2.24, 2.45) is 0 Å². The van der Waals surface area contributed by atoms with E-state index in [0.29, 0.717) is 16.9 Å². The molecule has 0 fully saturated rings. The molecular formula is C19H20O4. The summed E-state index contributed by atoms with van der Waals surface area (Å²) < 4.78 is 9.96. The van der Waals surface area contributed by atoms with Crippen LogP contribution in [0.3, 0.4) is 0 Å². The number of ether oxygens (including phenoxy) is 2. The molecule has 0 aromatic heterocycles. The topological polar surface area (TPSA) is 52.6 Å². The van der Waals surface area contributed by atoms with Crippen LogP contribution in [0, 0.1) is 0 Å². The second-order valence-corrected chi connectivity index (χ2v) is 6.23. The number of carbonyl (C=O) groups is 2. The molecule has 2 rings (SSSR count). The molecule has 0 saturated carbocycles. The Kier molecular flexibility index (Phi) is 4.84. The van der Waals surface area contributed by atoms with E-state index in [-0.39, 0.29) is 5.41 Å². The Morgan fingerprint density at radius 1 is 0.783 bits per heavy atom. The van der Waals surface area contributed by atoms with Crippen molar-refractivity contribution < 1.29 is 19.1 Å². The Bertz CT molecular complexity index is 692. The van der Waals surface area contributed by atoms with Crippen molar-refractivity contribution in [3.05, 3.63) is 65.2 Å². The van der Waals surface area contributed by atoms with Gasteiger partial charge in [0.05, 0.1) is 18.2 Å². The number of carbonyl (C=O) groups excluding carboxylic acids is 2. The van der Waals surface area contributed by atoms with Gasteiger partial charge in [0.1, 0.15) is 5.75 Å². The van der Waals surface area contributed by atoms with Crippen LogP contribution in [0.5, 0.6) is 5.75 Å². The molecule has 23 heavy (non-hydrogen) atoms. The number of hydrogen-bond donors (Lipinski definition) is 0. The van der Waals surface area contributed by atoms with E-state index in [1.54, 1.807) is 12.1 Å². The molecule has 4 heteroatoms. The van der Waals surface area contributed by atoms with E-state index in [0.717, 1.165) is 0 Å². The number of esters is 2. The number of benzene rings is 2. The Balaban J connectivity index is 2.08. The predicted molar refractivity (Wildman–Crippen MR) is 87.9 cm³/mol. The van der Waals surface area contributed by atoms with Gasteiger partial charge in [0.15, 0.2) is 0 Å². The molecule has 0 N–H and O–H groups in total. The number of methoxy groups -OCH3 is 1. The first-order valence-electron chi connectivity index (χ1n) is 7.32. The Hall–Kier alpha value is -2.62. The molecule has 0 unspecified atom stereocenters. The second-order valence-electron chi connectivity index (χ2n) is 6.23. The fourth-order valence-corrected chi connectivity index (χ4v) is 2.05. The van der Waals surface area contributed by atoms with Crippen LogP contribution in [0.25, 0.3) is 0 Å². The average molecular weight is 312 g/mol. The summed E-state index contributed by atoms with van der Waals surface area (Å²) in [6.07, 6.45) is 0. The van der Waals surface area contributed by atoms with E-state index < -0.39 is 11.9 Å².